The molecule has 0 atom stereocenters. The summed E-state index contributed by atoms with van der Waals surface area (Å²) in [5, 5.41) is 9.78. The highest BCUT2D eigenvalue weighted by Crippen LogP contribution is 2.14. The molecule has 18 heavy (non-hydrogen) atoms. The topological polar surface area (TPSA) is 43.6 Å². The van der Waals surface area contributed by atoms with Crippen LogP contribution in [0.3, 0.4) is 0 Å². The summed E-state index contributed by atoms with van der Waals surface area (Å²) in [5.41, 5.74) is 1.23. The molecule has 4 nitrogen and oxygen atoms in total. The molecule has 1 heterocycles. The monoisotopic (exact) mass is 249 g/mol. The number of benzene rings is 1. The van der Waals surface area contributed by atoms with Gasteiger partial charge in [0.25, 0.3) is 0 Å². The van der Waals surface area contributed by atoms with Gasteiger partial charge in [0.05, 0.1) is 33.0 Å². The number of ether oxygens (including phenoxy) is 2. The molecule has 2 rings (SSSR count). The molecular formula is C14H19NO3. The molecule has 1 aromatic carbocycles. The van der Waals surface area contributed by atoms with E-state index in [1.807, 2.05) is 12.1 Å². The fourth-order valence-electron chi connectivity index (χ4n) is 1.89. The maximum absolute atomic E-state index is 8.53. The van der Waals surface area contributed by atoms with Crippen molar-refractivity contribution in [3.63, 3.8) is 0 Å². The quantitative estimate of drug-likeness (QED) is 0.724. The molecule has 0 aliphatic rings. The van der Waals surface area contributed by atoms with Crippen LogP contribution in [0.5, 0.6) is 0 Å². The Kier molecular flexibility index (Phi) is 5.20. The van der Waals surface area contributed by atoms with Gasteiger partial charge in [0.15, 0.2) is 0 Å². The van der Waals surface area contributed by atoms with Gasteiger partial charge in [-0.25, -0.2) is 0 Å². The average molecular weight is 249 g/mol. The Morgan fingerprint density at radius 3 is 2.56 bits per heavy atom. The molecule has 0 saturated heterocycles. The lowest BCUT2D eigenvalue weighted by atomic mass is 10.2. The standard InChI is InChI=1S/C14H19NO3/c16-8-10-18-12-11-17-9-7-15-6-5-13-3-1-2-4-14(13)15/h1-6,16H,7-12H2. The van der Waals surface area contributed by atoms with Crippen molar-refractivity contribution in [3.05, 3.63) is 36.5 Å². The summed E-state index contributed by atoms with van der Waals surface area (Å²) in [6.45, 7) is 3.06. The predicted octanol–water partition coefficient (Wildman–Crippen LogP) is 1.67. The van der Waals surface area contributed by atoms with Crippen LogP contribution in [0.25, 0.3) is 10.9 Å². The number of hydrogen-bond donors (Lipinski definition) is 1. The number of fused-ring (bicyclic) bond motifs is 1. The van der Waals surface area contributed by atoms with Gasteiger partial charge in [-0.1, -0.05) is 18.2 Å². The number of aliphatic hydroxyl groups excluding tert-OH is 1. The first kappa shape index (κ1) is 13.1. The molecule has 0 amide bonds. The first-order chi connectivity index (χ1) is 8.92. The summed E-state index contributed by atoms with van der Waals surface area (Å²) in [4.78, 5) is 0. The molecule has 4 heteroatoms. The van der Waals surface area contributed by atoms with Crippen LogP contribution < -0.4 is 0 Å². The Labute approximate surface area is 107 Å². The highest BCUT2D eigenvalue weighted by atomic mass is 16.5. The van der Waals surface area contributed by atoms with Gasteiger partial charge in [-0.2, -0.15) is 0 Å². The van der Waals surface area contributed by atoms with Crippen LogP contribution in [0.2, 0.25) is 0 Å². The summed E-state index contributed by atoms with van der Waals surface area (Å²) in [5.74, 6) is 0. The van der Waals surface area contributed by atoms with Gasteiger partial charge in [0.1, 0.15) is 0 Å². The van der Waals surface area contributed by atoms with Crippen molar-refractivity contribution >= 4 is 10.9 Å². The van der Waals surface area contributed by atoms with Gasteiger partial charge < -0.3 is 19.1 Å². The van der Waals surface area contributed by atoms with Crippen molar-refractivity contribution < 1.29 is 14.6 Å². The van der Waals surface area contributed by atoms with E-state index in [1.165, 1.54) is 10.9 Å². The average Bonchev–Trinajstić information content (AvgIpc) is 2.81. The van der Waals surface area contributed by atoms with E-state index < -0.39 is 0 Å². The van der Waals surface area contributed by atoms with Crippen LogP contribution in [0.4, 0.5) is 0 Å². The lowest BCUT2D eigenvalue weighted by Gasteiger charge is -2.07. The lowest BCUT2D eigenvalue weighted by Crippen LogP contribution is -2.10. The number of hydrogen-bond acceptors (Lipinski definition) is 3. The van der Waals surface area contributed by atoms with Gasteiger partial charge in [0, 0.05) is 18.3 Å². The smallest absolute Gasteiger partial charge is 0.0701 e. The van der Waals surface area contributed by atoms with Gasteiger partial charge in [0.2, 0.25) is 0 Å². The van der Waals surface area contributed by atoms with Crippen LogP contribution in [-0.2, 0) is 16.0 Å². The molecule has 0 aliphatic heterocycles. The van der Waals surface area contributed by atoms with E-state index in [-0.39, 0.29) is 6.61 Å². The number of para-hydroxylation sites is 1. The maximum atomic E-state index is 8.53. The van der Waals surface area contributed by atoms with Gasteiger partial charge in [-0.3, -0.25) is 0 Å². The van der Waals surface area contributed by atoms with E-state index in [0.717, 1.165) is 6.54 Å². The van der Waals surface area contributed by atoms with Crippen LogP contribution in [0, 0.1) is 0 Å². The molecule has 1 N–H and O–H groups in total. The molecule has 0 unspecified atom stereocenters. The van der Waals surface area contributed by atoms with Crippen molar-refractivity contribution in [2.45, 2.75) is 6.54 Å². The molecule has 0 spiro atoms. The molecule has 2 aromatic rings. The molecule has 0 radical (unpaired) electrons. The zero-order valence-corrected chi connectivity index (χ0v) is 10.4. The highest BCUT2D eigenvalue weighted by molar-refractivity contribution is 5.79. The maximum Gasteiger partial charge on any atom is 0.0701 e. The fourth-order valence-corrected chi connectivity index (χ4v) is 1.89. The van der Waals surface area contributed by atoms with Crippen LogP contribution in [0.15, 0.2) is 36.5 Å². The minimum atomic E-state index is 0.0648. The fraction of sp³-hybridized carbons (Fsp3) is 0.429. The molecule has 1 aromatic heterocycles. The third-order valence-electron chi connectivity index (χ3n) is 2.76. The summed E-state index contributed by atoms with van der Waals surface area (Å²) >= 11 is 0. The summed E-state index contributed by atoms with van der Waals surface area (Å²) in [6, 6.07) is 10.4. The Morgan fingerprint density at radius 1 is 0.944 bits per heavy atom. The molecule has 0 bridgehead atoms. The summed E-state index contributed by atoms with van der Waals surface area (Å²) in [7, 11) is 0. The lowest BCUT2D eigenvalue weighted by molar-refractivity contribution is 0.0312. The molecule has 0 fully saturated rings. The molecule has 0 saturated carbocycles. The number of aromatic nitrogens is 1. The molecule has 98 valence electrons. The summed E-state index contributed by atoms with van der Waals surface area (Å²) in [6.07, 6.45) is 2.08. The number of nitrogens with zero attached hydrogens (tertiary/aromatic N) is 1. The second-order valence-electron chi connectivity index (χ2n) is 4.02. The Balaban J connectivity index is 1.70. The number of rotatable bonds is 8. The Morgan fingerprint density at radius 2 is 1.72 bits per heavy atom. The van der Waals surface area contributed by atoms with E-state index in [9.17, 15) is 0 Å². The zero-order chi connectivity index (χ0) is 12.6. The van der Waals surface area contributed by atoms with Crippen LogP contribution in [0.1, 0.15) is 0 Å². The van der Waals surface area contributed by atoms with E-state index in [0.29, 0.717) is 26.4 Å². The molecular weight excluding hydrogens is 230 g/mol. The SMILES string of the molecule is OCCOCCOCCn1ccc2ccccc21. The normalized spacial score (nSPS) is 11.2. The van der Waals surface area contributed by atoms with Crippen molar-refractivity contribution in [2.75, 3.05) is 33.0 Å². The van der Waals surface area contributed by atoms with Crippen molar-refractivity contribution in [1.29, 1.82) is 0 Å². The molecule has 0 aliphatic carbocycles. The van der Waals surface area contributed by atoms with Crippen molar-refractivity contribution in [1.82, 2.24) is 4.57 Å². The first-order valence-electron chi connectivity index (χ1n) is 6.22. The van der Waals surface area contributed by atoms with E-state index in [4.69, 9.17) is 14.6 Å². The van der Waals surface area contributed by atoms with Gasteiger partial charge in [-0.05, 0) is 17.5 Å². The van der Waals surface area contributed by atoms with Gasteiger partial charge >= 0.3 is 0 Å². The van der Waals surface area contributed by atoms with E-state index in [2.05, 4.69) is 29.0 Å². The Hall–Kier alpha value is -1.36. The second kappa shape index (κ2) is 7.16. The first-order valence-corrected chi connectivity index (χ1v) is 6.22. The Bertz CT molecular complexity index is 467. The van der Waals surface area contributed by atoms with Gasteiger partial charge in [-0.15, -0.1) is 0 Å². The van der Waals surface area contributed by atoms with Crippen LogP contribution >= 0.6 is 0 Å². The van der Waals surface area contributed by atoms with Crippen LogP contribution in [-0.4, -0.2) is 42.7 Å². The summed E-state index contributed by atoms with van der Waals surface area (Å²) < 4.78 is 12.8. The van der Waals surface area contributed by atoms with E-state index >= 15 is 0 Å². The predicted molar refractivity (Wildman–Crippen MR) is 70.7 cm³/mol. The van der Waals surface area contributed by atoms with Crippen molar-refractivity contribution in [2.24, 2.45) is 0 Å². The minimum absolute atomic E-state index is 0.0648. The van der Waals surface area contributed by atoms with E-state index in [1.54, 1.807) is 0 Å². The van der Waals surface area contributed by atoms with Crippen molar-refractivity contribution in [3.8, 4) is 0 Å². The number of aliphatic hydroxyl groups is 1. The third kappa shape index (κ3) is 3.57. The minimum Gasteiger partial charge on any atom is -0.394 e. The zero-order valence-electron chi connectivity index (χ0n) is 10.4. The third-order valence-corrected chi connectivity index (χ3v) is 2.76. The highest BCUT2D eigenvalue weighted by Gasteiger charge is 1.99. The second-order valence-corrected chi connectivity index (χ2v) is 4.02. The largest absolute Gasteiger partial charge is 0.394 e.